The van der Waals surface area contributed by atoms with E-state index in [1.54, 1.807) is 0 Å². The first-order valence-electron chi connectivity index (χ1n) is 9.07. The molecule has 0 aliphatic rings. The Morgan fingerprint density at radius 2 is 1.23 bits per heavy atom. The fraction of sp³-hybridized carbons (Fsp3) is 0.217. The average Bonchev–Trinajstić information content (AvgIpc) is 2.69. The Balaban J connectivity index is 2.11. The van der Waals surface area contributed by atoms with Gasteiger partial charge in [0.1, 0.15) is 0 Å². The molecule has 0 saturated carbocycles. The van der Waals surface area contributed by atoms with Crippen LogP contribution in [0, 0.1) is 0 Å². The standard InChI is InChI=1S/C23H26NOP/c1-24(2)19-11-13-20-12-9-10-18-23(20)26(25,21-14-5-3-6-15-21)22-16-7-4-8-17-22/h3-10,12,14-18H,11,13,19H2,1-2H3. The van der Waals surface area contributed by atoms with E-state index in [-0.39, 0.29) is 0 Å². The number of rotatable bonds is 7. The van der Waals surface area contributed by atoms with Crippen molar-refractivity contribution in [2.24, 2.45) is 0 Å². The topological polar surface area (TPSA) is 20.3 Å². The van der Waals surface area contributed by atoms with Crippen molar-refractivity contribution < 1.29 is 4.57 Å². The summed E-state index contributed by atoms with van der Waals surface area (Å²) in [6, 6.07) is 28.0. The third-order valence-electron chi connectivity index (χ3n) is 4.62. The molecular weight excluding hydrogens is 337 g/mol. The van der Waals surface area contributed by atoms with Crippen LogP contribution in [0.5, 0.6) is 0 Å². The van der Waals surface area contributed by atoms with E-state index in [0.717, 1.165) is 35.3 Å². The van der Waals surface area contributed by atoms with E-state index in [2.05, 4.69) is 31.1 Å². The second-order valence-electron chi connectivity index (χ2n) is 6.82. The number of benzene rings is 3. The second-order valence-corrected chi connectivity index (χ2v) is 9.55. The van der Waals surface area contributed by atoms with Crippen molar-refractivity contribution in [3.63, 3.8) is 0 Å². The third kappa shape index (κ3) is 3.98. The number of hydrogen-bond acceptors (Lipinski definition) is 2. The first-order valence-corrected chi connectivity index (χ1v) is 10.8. The van der Waals surface area contributed by atoms with Gasteiger partial charge in [-0.1, -0.05) is 84.9 Å². The normalized spacial score (nSPS) is 11.7. The van der Waals surface area contributed by atoms with Gasteiger partial charge in [-0.3, -0.25) is 0 Å². The van der Waals surface area contributed by atoms with Crippen molar-refractivity contribution in [1.29, 1.82) is 0 Å². The molecule has 0 aliphatic carbocycles. The zero-order valence-electron chi connectivity index (χ0n) is 15.5. The molecule has 0 fully saturated rings. The van der Waals surface area contributed by atoms with Gasteiger partial charge in [0.2, 0.25) is 0 Å². The second kappa shape index (κ2) is 8.49. The molecule has 134 valence electrons. The molecule has 0 bridgehead atoms. The van der Waals surface area contributed by atoms with E-state index < -0.39 is 7.14 Å². The van der Waals surface area contributed by atoms with Crippen LogP contribution in [0.3, 0.4) is 0 Å². The van der Waals surface area contributed by atoms with Gasteiger partial charge in [0, 0.05) is 15.9 Å². The van der Waals surface area contributed by atoms with Crippen molar-refractivity contribution in [2.75, 3.05) is 20.6 Å². The Hall–Kier alpha value is -2.15. The average molecular weight is 363 g/mol. The molecule has 0 radical (unpaired) electrons. The van der Waals surface area contributed by atoms with Crippen LogP contribution in [0.25, 0.3) is 0 Å². The Labute approximate surface area is 156 Å². The van der Waals surface area contributed by atoms with Crippen LogP contribution in [0.2, 0.25) is 0 Å². The van der Waals surface area contributed by atoms with Gasteiger partial charge >= 0.3 is 0 Å². The maximum Gasteiger partial charge on any atom is 0.171 e. The predicted molar refractivity (Wildman–Crippen MR) is 113 cm³/mol. The Morgan fingerprint density at radius 3 is 1.77 bits per heavy atom. The number of aryl methyl sites for hydroxylation is 1. The molecule has 2 nitrogen and oxygen atoms in total. The molecule has 0 aromatic heterocycles. The fourth-order valence-electron chi connectivity index (χ4n) is 3.32. The summed E-state index contributed by atoms with van der Waals surface area (Å²) in [4.78, 5) is 2.19. The van der Waals surface area contributed by atoms with E-state index in [1.807, 2.05) is 72.8 Å². The first kappa shape index (κ1) is 18.6. The van der Waals surface area contributed by atoms with Gasteiger partial charge in [0.25, 0.3) is 0 Å². The highest BCUT2D eigenvalue weighted by Crippen LogP contribution is 2.43. The summed E-state index contributed by atoms with van der Waals surface area (Å²) in [5, 5.41) is 2.76. The molecule has 3 rings (SSSR count). The smallest absolute Gasteiger partial charge is 0.171 e. The first-order chi connectivity index (χ1) is 12.6. The van der Waals surface area contributed by atoms with Crippen molar-refractivity contribution in [3.05, 3.63) is 90.5 Å². The van der Waals surface area contributed by atoms with Crippen LogP contribution in [-0.4, -0.2) is 25.5 Å². The molecule has 3 aromatic rings. The maximum atomic E-state index is 14.5. The van der Waals surface area contributed by atoms with E-state index >= 15 is 0 Å². The lowest BCUT2D eigenvalue weighted by molar-refractivity contribution is 0.400. The highest BCUT2D eigenvalue weighted by Gasteiger charge is 2.31. The Morgan fingerprint density at radius 1 is 0.731 bits per heavy atom. The number of hydrogen-bond donors (Lipinski definition) is 0. The van der Waals surface area contributed by atoms with Gasteiger partial charge in [-0.2, -0.15) is 0 Å². The van der Waals surface area contributed by atoms with Crippen molar-refractivity contribution in [3.8, 4) is 0 Å². The zero-order valence-corrected chi connectivity index (χ0v) is 16.4. The van der Waals surface area contributed by atoms with Crippen LogP contribution in [0.4, 0.5) is 0 Å². The number of nitrogens with zero attached hydrogens (tertiary/aromatic N) is 1. The lowest BCUT2D eigenvalue weighted by atomic mass is 10.1. The minimum absolute atomic E-state index is 0.895. The molecule has 0 atom stereocenters. The van der Waals surface area contributed by atoms with Gasteiger partial charge in [0.05, 0.1) is 0 Å². The van der Waals surface area contributed by atoms with E-state index in [1.165, 1.54) is 5.56 Å². The van der Waals surface area contributed by atoms with Crippen LogP contribution in [0.15, 0.2) is 84.9 Å². The lowest BCUT2D eigenvalue weighted by Gasteiger charge is -2.23. The molecule has 0 N–H and O–H groups in total. The molecule has 0 saturated heterocycles. The van der Waals surface area contributed by atoms with Gasteiger partial charge in [0.15, 0.2) is 7.14 Å². The fourth-order valence-corrected chi connectivity index (χ4v) is 6.24. The third-order valence-corrected chi connectivity index (χ3v) is 7.79. The summed E-state index contributed by atoms with van der Waals surface area (Å²) >= 11 is 0. The summed E-state index contributed by atoms with van der Waals surface area (Å²) in [6.07, 6.45) is 1.98. The van der Waals surface area contributed by atoms with E-state index in [9.17, 15) is 4.57 Å². The zero-order chi connectivity index (χ0) is 18.4. The summed E-state index contributed by atoms with van der Waals surface area (Å²) in [5.74, 6) is 0. The Kier molecular flexibility index (Phi) is 6.08. The highest BCUT2D eigenvalue weighted by atomic mass is 31.2. The quantitative estimate of drug-likeness (QED) is 0.595. The summed E-state index contributed by atoms with van der Waals surface area (Å²) in [6.45, 7) is 1.02. The minimum Gasteiger partial charge on any atom is -0.309 e. The molecule has 3 heteroatoms. The minimum atomic E-state index is -2.89. The Bertz CT molecular complexity index is 831. The molecule has 0 heterocycles. The summed E-state index contributed by atoms with van der Waals surface area (Å²) < 4.78 is 14.5. The van der Waals surface area contributed by atoms with Gasteiger partial charge in [-0.15, -0.1) is 0 Å². The SMILES string of the molecule is CN(C)CCCc1ccccc1P(=O)(c1ccccc1)c1ccccc1. The summed E-state index contributed by atoms with van der Waals surface area (Å²) in [5.41, 5.74) is 1.19. The van der Waals surface area contributed by atoms with Gasteiger partial charge in [-0.25, -0.2) is 0 Å². The summed E-state index contributed by atoms with van der Waals surface area (Å²) in [7, 11) is 1.28. The molecule has 26 heavy (non-hydrogen) atoms. The van der Waals surface area contributed by atoms with Gasteiger partial charge in [-0.05, 0) is 39.0 Å². The lowest BCUT2D eigenvalue weighted by Crippen LogP contribution is -2.27. The van der Waals surface area contributed by atoms with Crippen LogP contribution >= 0.6 is 7.14 Å². The monoisotopic (exact) mass is 363 g/mol. The molecule has 0 spiro atoms. The molecule has 0 unspecified atom stereocenters. The molecule has 3 aromatic carbocycles. The van der Waals surface area contributed by atoms with Crippen molar-refractivity contribution >= 4 is 23.1 Å². The van der Waals surface area contributed by atoms with E-state index in [0.29, 0.717) is 0 Å². The van der Waals surface area contributed by atoms with Crippen molar-refractivity contribution in [2.45, 2.75) is 12.8 Å². The molecule has 0 amide bonds. The molecule has 0 aliphatic heterocycles. The van der Waals surface area contributed by atoms with Crippen LogP contribution in [-0.2, 0) is 11.0 Å². The maximum absolute atomic E-state index is 14.5. The van der Waals surface area contributed by atoms with Crippen LogP contribution < -0.4 is 15.9 Å². The van der Waals surface area contributed by atoms with E-state index in [4.69, 9.17) is 0 Å². The van der Waals surface area contributed by atoms with Gasteiger partial charge < -0.3 is 9.46 Å². The largest absolute Gasteiger partial charge is 0.309 e. The predicted octanol–water partition coefficient (Wildman–Crippen LogP) is 3.82. The van der Waals surface area contributed by atoms with Crippen LogP contribution in [0.1, 0.15) is 12.0 Å². The van der Waals surface area contributed by atoms with Crippen molar-refractivity contribution in [1.82, 2.24) is 4.90 Å². The highest BCUT2D eigenvalue weighted by molar-refractivity contribution is 7.85. The molecular formula is C23H26NOP.